The van der Waals surface area contributed by atoms with Crippen LogP contribution in [0, 0.1) is 17.2 Å². The predicted octanol–water partition coefficient (Wildman–Crippen LogP) is 5.17. The molecule has 0 spiro atoms. The highest BCUT2D eigenvalue weighted by Gasteiger charge is 2.50. The van der Waals surface area contributed by atoms with Gasteiger partial charge in [-0.3, -0.25) is 0 Å². The maximum atomic E-state index is 14.5. The van der Waals surface area contributed by atoms with Gasteiger partial charge < -0.3 is 5.32 Å². The Kier molecular flexibility index (Phi) is 4.99. The summed E-state index contributed by atoms with van der Waals surface area (Å²) in [6.45, 7) is 10.8. The van der Waals surface area contributed by atoms with Gasteiger partial charge in [-0.25, -0.2) is 4.39 Å². The third-order valence-corrected chi connectivity index (χ3v) is 5.20. The van der Waals surface area contributed by atoms with E-state index in [0.29, 0.717) is 5.92 Å². The topological polar surface area (TPSA) is 12.0 Å². The third-order valence-electron chi connectivity index (χ3n) is 4.91. The molecule has 0 atom stereocenters. The van der Waals surface area contributed by atoms with Crippen molar-refractivity contribution in [3.05, 3.63) is 34.6 Å². The fourth-order valence-corrected chi connectivity index (χ4v) is 3.55. The minimum atomic E-state index is -0.232. The Labute approximate surface area is 133 Å². The Morgan fingerprint density at radius 3 is 2.57 bits per heavy atom. The van der Waals surface area contributed by atoms with E-state index < -0.39 is 0 Å². The van der Waals surface area contributed by atoms with E-state index in [1.807, 2.05) is 12.1 Å². The minimum Gasteiger partial charge on any atom is -0.316 e. The summed E-state index contributed by atoms with van der Waals surface area (Å²) in [6.07, 6.45) is 3.16. The van der Waals surface area contributed by atoms with Crippen LogP contribution < -0.4 is 5.32 Å². The summed E-state index contributed by atoms with van der Waals surface area (Å²) in [5, 5.41) is 3.72. The van der Waals surface area contributed by atoms with Crippen molar-refractivity contribution in [1.29, 1.82) is 0 Å². The van der Waals surface area contributed by atoms with Gasteiger partial charge in [0.25, 0.3) is 0 Å². The Balaban J connectivity index is 2.24. The number of benzene rings is 1. The molecule has 0 heterocycles. The lowest BCUT2D eigenvalue weighted by Gasteiger charge is -2.53. The van der Waals surface area contributed by atoms with Crippen LogP contribution in [-0.2, 0) is 5.41 Å². The minimum absolute atomic E-state index is 0.0951. The highest BCUT2D eigenvalue weighted by atomic mass is 35.5. The second-order valence-electron chi connectivity index (χ2n) is 7.53. The number of rotatable bonds is 5. The molecule has 1 nitrogen and oxygen atoms in total. The monoisotopic (exact) mass is 311 g/mol. The standard InChI is InChI=1S/C18H27ClFN/c1-5-9-21-12-18(10-13(11-18)17(2,3)4)14-7-6-8-15(19)16(14)20/h6-8,13,21H,5,9-12H2,1-4H3. The van der Waals surface area contributed by atoms with E-state index in [2.05, 4.69) is 33.0 Å². The van der Waals surface area contributed by atoms with Crippen molar-refractivity contribution in [2.24, 2.45) is 11.3 Å². The molecule has 0 unspecified atom stereocenters. The van der Waals surface area contributed by atoms with Gasteiger partial charge in [0.1, 0.15) is 5.82 Å². The molecular weight excluding hydrogens is 285 g/mol. The van der Waals surface area contributed by atoms with Crippen molar-refractivity contribution in [2.75, 3.05) is 13.1 Å². The summed E-state index contributed by atoms with van der Waals surface area (Å²) in [5.41, 5.74) is 0.977. The van der Waals surface area contributed by atoms with E-state index >= 15 is 0 Å². The molecule has 0 aromatic heterocycles. The first-order valence-corrected chi connectivity index (χ1v) is 8.33. The Hall–Kier alpha value is -0.600. The molecule has 1 aliphatic carbocycles. The molecule has 0 radical (unpaired) electrons. The molecule has 0 amide bonds. The quantitative estimate of drug-likeness (QED) is 0.739. The molecule has 1 saturated carbocycles. The fraction of sp³-hybridized carbons (Fsp3) is 0.667. The molecule has 3 heteroatoms. The molecule has 0 aliphatic heterocycles. The Morgan fingerprint density at radius 1 is 1.33 bits per heavy atom. The lowest BCUT2D eigenvalue weighted by atomic mass is 9.52. The summed E-state index contributed by atoms with van der Waals surface area (Å²) in [4.78, 5) is 0. The van der Waals surface area contributed by atoms with E-state index in [-0.39, 0.29) is 21.7 Å². The van der Waals surface area contributed by atoms with Crippen molar-refractivity contribution in [3.8, 4) is 0 Å². The van der Waals surface area contributed by atoms with Crippen LogP contribution in [0.15, 0.2) is 18.2 Å². The molecule has 2 rings (SSSR count). The number of hydrogen-bond acceptors (Lipinski definition) is 1. The van der Waals surface area contributed by atoms with Crippen LogP contribution in [0.5, 0.6) is 0 Å². The van der Waals surface area contributed by atoms with Gasteiger partial charge in [0.05, 0.1) is 5.02 Å². The van der Waals surface area contributed by atoms with Crippen molar-refractivity contribution in [2.45, 2.75) is 52.4 Å². The van der Waals surface area contributed by atoms with Crippen LogP contribution in [0.25, 0.3) is 0 Å². The summed E-state index contributed by atoms with van der Waals surface area (Å²) in [7, 11) is 0. The van der Waals surface area contributed by atoms with Gasteiger partial charge >= 0.3 is 0 Å². The zero-order chi connectivity index (χ0) is 15.7. The van der Waals surface area contributed by atoms with Gasteiger partial charge in [-0.2, -0.15) is 0 Å². The van der Waals surface area contributed by atoms with Gasteiger partial charge in [-0.05, 0) is 48.8 Å². The fourth-order valence-electron chi connectivity index (χ4n) is 3.37. The highest BCUT2D eigenvalue weighted by molar-refractivity contribution is 6.30. The van der Waals surface area contributed by atoms with Crippen molar-refractivity contribution in [1.82, 2.24) is 5.32 Å². The number of hydrogen-bond donors (Lipinski definition) is 1. The third kappa shape index (κ3) is 3.43. The Morgan fingerprint density at radius 2 is 2.00 bits per heavy atom. The zero-order valence-corrected chi connectivity index (χ0v) is 14.4. The van der Waals surface area contributed by atoms with Crippen LogP contribution in [0.4, 0.5) is 4.39 Å². The van der Waals surface area contributed by atoms with E-state index in [0.717, 1.165) is 37.9 Å². The molecule has 118 valence electrons. The molecule has 1 aromatic rings. The molecule has 21 heavy (non-hydrogen) atoms. The second-order valence-corrected chi connectivity index (χ2v) is 7.94. The Bertz CT molecular complexity index is 486. The van der Waals surface area contributed by atoms with E-state index in [9.17, 15) is 4.39 Å². The van der Waals surface area contributed by atoms with Gasteiger partial charge in [-0.1, -0.05) is 51.4 Å². The van der Waals surface area contributed by atoms with E-state index in [1.54, 1.807) is 6.07 Å². The smallest absolute Gasteiger partial charge is 0.145 e. The van der Waals surface area contributed by atoms with Crippen LogP contribution in [0.3, 0.4) is 0 Å². The number of halogens is 2. The molecule has 1 aromatic carbocycles. The average Bonchev–Trinajstić information content (AvgIpc) is 2.35. The zero-order valence-electron chi connectivity index (χ0n) is 13.6. The van der Waals surface area contributed by atoms with E-state index in [1.165, 1.54) is 0 Å². The average molecular weight is 312 g/mol. The maximum absolute atomic E-state index is 14.5. The van der Waals surface area contributed by atoms with Crippen LogP contribution in [0.2, 0.25) is 5.02 Å². The predicted molar refractivity (Wildman–Crippen MR) is 88.4 cm³/mol. The van der Waals surface area contributed by atoms with Crippen molar-refractivity contribution < 1.29 is 4.39 Å². The van der Waals surface area contributed by atoms with Gasteiger partial charge in [0.2, 0.25) is 0 Å². The molecule has 1 fully saturated rings. The summed E-state index contributed by atoms with van der Waals surface area (Å²) < 4.78 is 14.5. The SMILES string of the molecule is CCCNCC1(c2cccc(Cl)c2F)CC(C(C)(C)C)C1. The second kappa shape index (κ2) is 6.26. The summed E-state index contributed by atoms with van der Waals surface area (Å²) >= 11 is 5.99. The van der Waals surface area contributed by atoms with E-state index in [4.69, 9.17) is 11.6 Å². The molecular formula is C18H27ClFN. The van der Waals surface area contributed by atoms with Gasteiger partial charge in [0.15, 0.2) is 0 Å². The molecule has 1 aliphatic rings. The summed E-state index contributed by atoms with van der Waals surface area (Å²) in [5.74, 6) is 0.407. The van der Waals surface area contributed by atoms with Crippen LogP contribution >= 0.6 is 11.6 Å². The molecule has 1 N–H and O–H groups in total. The summed E-state index contributed by atoms with van der Waals surface area (Å²) in [6, 6.07) is 5.41. The van der Waals surface area contributed by atoms with Crippen LogP contribution in [-0.4, -0.2) is 13.1 Å². The lowest BCUT2D eigenvalue weighted by Crippen LogP contribution is -2.52. The lowest BCUT2D eigenvalue weighted by molar-refractivity contribution is 0.0428. The molecule has 0 saturated heterocycles. The first-order valence-electron chi connectivity index (χ1n) is 7.95. The first-order chi connectivity index (χ1) is 9.80. The molecule has 0 bridgehead atoms. The van der Waals surface area contributed by atoms with Gasteiger partial charge in [-0.15, -0.1) is 0 Å². The largest absolute Gasteiger partial charge is 0.316 e. The van der Waals surface area contributed by atoms with Crippen molar-refractivity contribution in [3.63, 3.8) is 0 Å². The van der Waals surface area contributed by atoms with Crippen LogP contribution in [0.1, 0.15) is 52.5 Å². The normalized spacial score (nSPS) is 25.7. The first kappa shape index (κ1) is 16.8. The number of nitrogens with one attached hydrogen (secondary N) is 1. The van der Waals surface area contributed by atoms with Gasteiger partial charge in [0, 0.05) is 12.0 Å². The highest BCUT2D eigenvalue weighted by Crippen LogP contribution is 2.54. The van der Waals surface area contributed by atoms with Crippen molar-refractivity contribution >= 4 is 11.6 Å². The maximum Gasteiger partial charge on any atom is 0.145 e.